The van der Waals surface area contributed by atoms with Crippen LogP contribution in [0.2, 0.25) is 0 Å². The first-order valence-corrected chi connectivity index (χ1v) is 9.77. The van der Waals surface area contributed by atoms with Gasteiger partial charge in [-0.3, -0.25) is 4.79 Å². The first-order valence-electron chi connectivity index (χ1n) is 7.90. The maximum atomic E-state index is 13.0. The third-order valence-corrected chi connectivity index (χ3v) is 5.95. The molecule has 0 N–H and O–H groups in total. The zero-order valence-corrected chi connectivity index (χ0v) is 15.3. The van der Waals surface area contributed by atoms with Gasteiger partial charge < -0.3 is 9.64 Å². The third-order valence-electron chi connectivity index (χ3n) is 4.03. The van der Waals surface area contributed by atoms with Crippen molar-refractivity contribution in [2.45, 2.75) is 4.90 Å². The largest absolute Gasteiger partial charge is 0.496 e. The maximum absolute atomic E-state index is 13.0. The number of carbonyl (C=O) groups is 1. The second kappa shape index (κ2) is 6.90. The summed E-state index contributed by atoms with van der Waals surface area (Å²) in [5, 5.41) is 2.62. The number of carbonyl (C=O) groups excluding carboxylic acids is 1. The first kappa shape index (κ1) is 16.2. The zero-order valence-electron chi connectivity index (χ0n) is 13.6. The molecule has 0 atom stereocenters. The van der Waals surface area contributed by atoms with Gasteiger partial charge in [0.25, 0.3) is 5.91 Å². The van der Waals surface area contributed by atoms with Gasteiger partial charge in [0.05, 0.1) is 18.4 Å². The number of fused-ring (bicyclic) bond motifs is 1. The number of thiazole rings is 1. The van der Waals surface area contributed by atoms with Gasteiger partial charge in [0, 0.05) is 22.6 Å². The number of rotatable bonds is 3. The Morgan fingerprint density at radius 1 is 1.16 bits per heavy atom. The fourth-order valence-corrected chi connectivity index (χ4v) is 4.65. The number of nitrogens with zero attached hydrogens (tertiary/aromatic N) is 2. The molecule has 2 heterocycles. The van der Waals surface area contributed by atoms with Gasteiger partial charge in [-0.05, 0) is 24.3 Å². The lowest BCUT2D eigenvalue weighted by atomic mass is 10.2. The van der Waals surface area contributed by atoms with E-state index in [-0.39, 0.29) is 5.91 Å². The van der Waals surface area contributed by atoms with E-state index in [1.54, 1.807) is 18.9 Å². The summed E-state index contributed by atoms with van der Waals surface area (Å²) in [6.07, 6.45) is 0. The topological polar surface area (TPSA) is 42.4 Å². The van der Waals surface area contributed by atoms with Crippen LogP contribution in [0, 0.1) is 0 Å². The van der Waals surface area contributed by atoms with Crippen LogP contribution in [0.15, 0.2) is 58.8 Å². The molecule has 0 spiro atoms. The molecule has 25 heavy (non-hydrogen) atoms. The Morgan fingerprint density at radius 3 is 2.84 bits per heavy atom. The summed E-state index contributed by atoms with van der Waals surface area (Å²) >= 11 is 3.25. The van der Waals surface area contributed by atoms with E-state index in [0.29, 0.717) is 12.2 Å². The van der Waals surface area contributed by atoms with Crippen molar-refractivity contribution >= 4 is 34.7 Å². The van der Waals surface area contributed by atoms with Gasteiger partial charge in [-0.15, -0.1) is 23.1 Å². The third kappa shape index (κ3) is 3.03. The van der Waals surface area contributed by atoms with Crippen LogP contribution in [0.5, 0.6) is 5.75 Å². The number of methoxy groups -OCH3 is 1. The van der Waals surface area contributed by atoms with Crippen molar-refractivity contribution in [2.24, 2.45) is 0 Å². The fraction of sp³-hybridized carbons (Fsp3) is 0.158. The van der Waals surface area contributed by atoms with E-state index in [9.17, 15) is 4.79 Å². The van der Waals surface area contributed by atoms with Gasteiger partial charge in [-0.2, -0.15) is 0 Å². The van der Waals surface area contributed by atoms with E-state index in [1.807, 2.05) is 52.7 Å². The smallest absolute Gasteiger partial charge is 0.277 e. The molecule has 0 saturated heterocycles. The van der Waals surface area contributed by atoms with Crippen molar-refractivity contribution in [1.82, 2.24) is 4.98 Å². The van der Waals surface area contributed by atoms with Crippen LogP contribution in [0.1, 0.15) is 10.5 Å². The monoisotopic (exact) mass is 368 g/mol. The first-order chi connectivity index (χ1) is 12.3. The minimum absolute atomic E-state index is 0.0508. The summed E-state index contributed by atoms with van der Waals surface area (Å²) < 4.78 is 5.40. The lowest BCUT2D eigenvalue weighted by Gasteiger charge is -2.28. The van der Waals surface area contributed by atoms with E-state index in [4.69, 9.17) is 4.74 Å². The zero-order chi connectivity index (χ0) is 17.2. The number of anilines is 1. The van der Waals surface area contributed by atoms with Crippen LogP contribution in [-0.2, 0) is 0 Å². The number of ether oxygens (including phenoxy) is 1. The lowest BCUT2D eigenvalue weighted by Crippen LogP contribution is -2.35. The molecule has 0 fully saturated rings. The Hall–Kier alpha value is -2.31. The number of amides is 1. The molecule has 0 bridgehead atoms. The molecular formula is C19H16N2O2S2. The number of hydrogen-bond acceptors (Lipinski definition) is 5. The molecule has 6 heteroatoms. The Morgan fingerprint density at radius 2 is 1.96 bits per heavy atom. The molecule has 1 aliphatic rings. The average molecular weight is 368 g/mol. The quantitative estimate of drug-likeness (QED) is 0.679. The molecule has 0 radical (unpaired) electrons. The number of aromatic nitrogens is 1. The molecule has 3 aromatic rings. The molecule has 1 aliphatic heterocycles. The van der Waals surface area contributed by atoms with E-state index >= 15 is 0 Å². The van der Waals surface area contributed by atoms with Gasteiger partial charge in [-0.25, -0.2) is 4.98 Å². The number of benzene rings is 2. The van der Waals surface area contributed by atoms with Crippen LogP contribution in [-0.4, -0.2) is 30.3 Å². The van der Waals surface area contributed by atoms with E-state index < -0.39 is 0 Å². The normalized spacial score (nSPS) is 13.4. The van der Waals surface area contributed by atoms with Crippen molar-refractivity contribution in [1.29, 1.82) is 0 Å². The van der Waals surface area contributed by atoms with Gasteiger partial charge in [-0.1, -0.05) is 24.3 Å². The van der Waals surface area contributed by atoms with Crippen LogP contribution < -0.4 is 9.64 Å². The van der Waals surface area contributed by atoms with Crippen molar-refractivity contribution in [3.63, 3.8) is 0 Å². The summed E-state index contributed by atoms with van der Waals surface area (Å²) in [6, 6.07) is 15.7. The Bertz CT molecular complexity index is 923. The lowest BCUT2D eigenvalue weighted by molar-refractivity contribution is 0.0983. The van der Waals surface area contributed by atoms with Gasteiger partial charge in [0.2, 0.25) is 0 Å². The van der Waals surface area contributed by atoms with Crippen molar-refractivity contribution in [2.75, 3.05) is 24.3 Å². The van der Waals surface area contributed by atoms with Gasteiger partial charge in [0.15, 0.2) is 0 Å². The highest BCUT2D eigenvalue weighted by molar-refractivity contribution is 7.99. The summed E-state index contributed by atoms with van der Waals surface area (Å²) in [6.45, 7) is 0.696. The molecule has 126 valence electrons. The molecule has 0 aliphatic carbocycles. The molecule has 4 nitrogen and oxygen atoms in total. The second-order valence-corrected chi connectivity index (χ2v) is 7.51. The molecular weight excluding hydrogens is 352 g/mol. The van der Waals surface area contributed by atoms with Gasteiger partial charge >= 0.3 is 0 Å². The van der Waals surface area contributed by atoms with Crippen molar-refractivity contribution in [3.05, 3.63) is 59.6 Å². The molecule has 0 unspecified atom stereocenters. The number of para-hydroxylation sites is 2. The standard InChI is InChI=1S/C19H16N2O2S2/c1-23-16-8-4-2-6-13(16)18-20-14(12-25-18)19(22)21-10-11-24-17-9-5-3-7-15(17)21/h2-9,12H,10-11H2,1H3. The van der Waals surface area contributed by atoms with Crippen LogP contribution in [0.25, 0.3) is 10.6 Å². The minimum atomic E-state index is -0.0508. The fourth-order valence-electron chi connectivity index (χ4n) is 2.84. The Balaban J connectivity index is 1.66. The van der Waals surface area contributed by atoms with E-state index in [0.717, 1.165) is 32.7 Å². The number of hydrogen-bond donors (Lipinski definition) is 0. The highest BCUT2D eigenvalue weighted by Crippen LogP contribution is 2.36. The summed E-state index contributed by atoms with van der Waals surface area (Å²) in [7, 11) is 1.64. The molecule has 4 rings (SSSR count). The van der Waals surface area contributed by atoms with Gasteiger partial charge in [0.1, 0.15) is 16.5 Å². The highest BCUT2D eigenvalue weighted by Gasteiger charge is 2.25. The summed E-state index contributed by atoms with van der Waals surface area (Å²) in [5.74, 6) is 1.60. The van der Waals surface area contributed by atoms with Crippen LogP contribution in [0.3, 0.4) is 0 Å². The average Bonchev–Trinajstić information content (AvgIpc) is 3.17. The van der Waals surface area contributed by atoms with Crippen molar-refractivity contribution in [3.8, 4) is 16.3 Å². The Labute approximate surface area is 154 Å². The van der Waals surface area contributed by atoms with Crippen molar-refractivity contribution < 1.29 is 9.53 Å². The molecule has 1 aromatic heterocycles. The molecule has 2 aromatic carbocycles. The summed E-state index contributed by atoms with van der Waals surface area (Å²) in [4.78, 5) is 20.5. The predicted molar refractivity (Wildman–Crippen MR) is 103 cm³/mol. The van der Waals surface area contributed by atoms with E-state index in [1.165, 1.54) is 11.3 Å². The molecule has 1 amide bonds. The van der Waals surface area contributed by atoms with Crippen LogP contribution in [0.4, 0.5) is 5.69 Å². The Kier molecular flexibility index (Phi) is 4.46. The second-order valence-electron chi connectivity index (χ2n) is 5.51. The molecule has 0 saturated carbocycles. The number of thioether (sulfide) groups is 1. The predicted octanol–water partition coefficient (Wildman–Crippen LogP) is 4.57. The summed E-state index contributed by atoms with van der Waals surface area (Å²) in [5.41, 5.74) is 2.35. The van der Waals surface area contributed by atoms with E-state index in [2.05, 4.69) is 11.1 Å². The maximum Gasteiger partial charge on any atom is 0.277 e. The SMILES string of the molecule is COc1ccccc1-c1nc(C(=O)N2CCSc3ccccc32)cs1. The minimum Gasteiger partial charge on any atom is -0.496 e. The highest BCUT2D eigenvalue weighted by atomic mass is 32.2. The van der Waals surface area contributed by atoms with Crippen LogP contribution >= 0.6 is 23.1 Å².